The van der Waals surface area contributed by atoms with Crippen LogP contribution in [-0.2, 0) is 18.1 Å². The maximum Gasteiger partial charge on any atom is 0.474 e. The molecular weight excluding hydrogens is 383 g/mol. The number of phosphoric acid groups is 1. The molecule has 6 rings (SSSR count). The Bertz CT molecular complexity index is 673. The van der Waals surface area contributed by atoms with Gasteiger partial charge in [0.25, 0.3) is 0 Å². The van der Waals surface area contributed by atoms with Gasteiger partial charge in [-0.3, -0.25) is 13.6 Å². The van der Waals surface area contributed by atoms with Crippen LogP contribution in [0.2, 0.25) is 0 Å². The lowest BCUT2D eigenvalue weighted by Gasteiger charge is -2.26. The van der Waals surface area contributed by atoms with E-state index in [1.165, 1.54) is 19.3 Å². The number of phosphoric ester groups is 1. The second kappa shape index (κ2) is 7.48. The molecule has 158 valence electrons. The molecule has 6 aliphatic carbocycles. The number of hydrogen-bond donors (Lipinski definition) is 0. The second-order valence-electron chi connectivity index (χ2n) is 10.5. The van der Waals surface area contributed by atoms with Crippen molar-refractivity contribution in [3.05, 3.63) is 36.5 Å². The molecule has 0 spiro atoms. The lowest BCUT2D eigenvalue weighted by atomic mass is 9.95. The van der Waals surface area contributed by atoms with E-state index in [1.54, 1.807) is 0 Å². The van der Waals surface area contributed by atoms with Crippen LogP contribution in [0, 0.1) is 53.3 Å². The van der Waals surface area contributed by atoms with Crippen LogP contribution < -0.4 is 0 Å². The Balaban J connectivity index is 1.08. The van der Waals surface area contributed by atoms with E-state index in [0.717, 1.165) is 19.3 Å². The van der Waals surface area contributed by atoms with Crippen LogP contribution in [0.5, 0.6) is 0 Å². The van der Waals surface area contributed by atoms with Crippen LogP contribution in [0.1, 0.15) is 38.5 Å². The highest BCUT2D eigenvalue weighted by molar-refractivity contribution is 7.48. The van der Waals surface area contributed by atoms with Crippen molar-refractivity contribution < 1.29 is 18.1 Å². The van der Waals surface area contributed by atoms with Gasteiger partial charge < -0.3 is 0 Å². The van der Waals surface area contributed by atoms with Gasteiger partial charge in [0.1, 0.15) is 0 Å². The van der Waals surface area contributed by atoms with E-state index < -0.39 is 7.82 Å². The van der Waals surface area contributed by atoms with Crippen molar-refractivity contribution in [3.63, 3.8) is 0 Å². The van der Waals surface area contributed by atoms with E-state index in [9.17, 15) is 4.57 Å². The first-order chi connectivity index (χ1) is 14.1. The van der Waals surface area contributed by atoms with E-state index in [1.807, 2.05) is 0 Å². The van der Waals surface area contributed by atoms with Crippen molar-refractivity contribution >= 4 is 7.82 Å². The molecule has 4 nitrogen and oxygen atoms in total. The van der Waals surface area contributed by atoms with Gasteiger partial charge in [0, 0.05) is 0 Å². The summed E-state index contributed by atoms with van der Waals surface area (Å²) in [6.45, 7) is 1.49. The molecule has 0 amide bonds. The first-order valence-electron chi connectivity index (χ1n) is 11.7. The Labute approximate surface area is 174 Å². The largest absolute Gasteiger partial charge is 0.474 e. The molecule has 9 atom stereocenters. The Morgan fingerprint density at radius 1 is 0.552 bits per heavy atom. The van der Waals surface area contributed by atoms with E-state index in [4.69, 9.17) is 13.6 Å². The monoisotopic (exact) mass is 416 g/mol. The van der Waals surface area contributed by atoms with Crippen molar-refractivity contribution in [2.45, 2.75) is 38.5 Å². The third-order valence-electron chi connectivity index (χ3n) is 8.59. The Morgan fingerprint density at radius 3 is 1.14 bits per heavy atom. The zero-order valence-electron chi connectivity index (χ0n) is 17.1. The second-order valence-corrected chi connectivity index (χ2v) is 12.1. The molecule has 0 aromatic carbocycles. The molecular formula is C24H33O4P. The minimum atomic E-state index is -3.52. The van der Waals surface area contributed by atoms with Crippen molar-refractivity contribution in [1.82, 2.24) is 0 Å². The molecule has 5 heteroatoms. The van der Waals surface area contributed by atoms with Crippen LogP contribution >= 0.6 is 7.82 Å². The normalized spacial score (nSPS) is 47.7. The Morgan fingerprint density at radius 2 is 0.897 bits per heavy atom. The summed E-state index contributed by atoms with van der Waals surface area (Å²) in [5.41, 5.74) is 0. The van der Waals surface area contributed by atoms with Gasteiger partial charge in [0.2, 0.25) is 0 Å². The maximum atomic E-state index is 13.6. The zero-order valence-corrected chi connectivity index (χ0v) is 18.0. The van der Waals surface area contributed by atoms with E-state index in [0.29, 0.717) is 73.1 Å². The van der Waals surface area contributed by atoms with Crippen LogP contribution in [0.15, 0.2) is 36.5 Å². The summed E-state index contributed by atoms with van der Waals surface area (Å²) in [7, 11) is -3.52. The summed E-state index contributed by atoms with van der Waals surface area (Å²) in [5.74, 6) is 5.20. The fourth-order valence-corrected chi connectivity index (χ4v) is 8.28. The molecule has 6 bridgehead atoms. The smallest absolute Gasteiger partial charge is 0.287 e. The van der Waals surface area contributed by atoms with E-state index >= 15 is 0 Å². The standard InChI is InChI=1S/C24H33O4P/c25-29(26-13-22-10-16-1-4-19(22)7-16,27-14-23-11-17-2-5-20(23)8-17)28-15-24-12-18-3-6-21(24)9-18/h1-6,16-24H,7-15H2. The van der Waals surface area contributed by atoms with Gasteiger partial charge in [0.05, 0.1) is 19.8 Å². The van der Waals surface area contributed by atoms with Crippen molar-refractivity contribution in [1.29, 1.82) is 0 Å². The molecule has 3 saturated carbocycles. The van der Waals surface area contributed by atoms with Gasteiger partial charge in [0.15, 0.2) is 0 Å². The fourth-order valence-electron chi connectivity index (χ4n) is 6.93. The predicted octanol–water partition coefficient (Wildman–Crippen LogP) is 5.78. The maximum absolute atomic E-state index is 13.6. The highest BCUT2D eigenvalue weighted by Gasteiger charge is 2.42. The van der Waals surface area contributed by atoms with Gasteiger partial charge in [-0.25, -0.2) is 4.57 Å². The molecule has 9 unspecified atom stereocenters. The van der Waals surface area contributed by atoms with Gasteiger partial charge in [-0.15, -0.1) is 0 Å². The molecule has 0 radical (unpaired) electrons. The molecule has 0 aliphatic heterocycles. The minimum absolute atomic E-state index is 0.460. The fraction of sp³-hybridized carbons (Fsp3) is 0.750. The van der Waals surface area contributed by atoms with E-state index in [2.05, 4.69) is 36.5 Å². The van der Waals surface area contributed by atoms with Crippen LogP contribution in [0.4, 0.5) is 0 Å². The first kappa shape index (κ1) is 19.0. The average Bonchev–Trinajstić information content (AvgIpc) is 3.57. The first-order valence-corrected chi connectivity index (χ1v) is 13.2. The highest BCUT2D eigenvalue weighted by Crippen LogP contribution is 2.55. The SMILES string of the molecule is O=P(OCC1CC2C=CC1C2)(OCC1CC2C=CC1C2)OCC1CC2C=CC1C2. The van der Waals surface area contributed by atoms with Gasteiger partial charge in [-0.05, 0) is 91.8 Å². The highest BCUT2D eigenvalue weighted by atomic mass is 31.2. The van der Waals surface area contributed by atoms with Crippen molar-refractivity contribution in [2.75, 3.05) is 19.8 Å². The molecule has 3 fully saturated rings. The molecule has 0 saturated heterocycles. The number of fused-ring (bicyclic) bond motifs is 6. The predicted molar refractivity (Wildman–Crippen MR) is 112 cm³/mol. The lowest BCUT2D eigenvalue weighted by Crippen LogP contribution is -2.20. The number of allylic oxidation sites excluding steroid dienone is 6. The van der Waals surface area contributed by atoms with Crippen LogP contribution in [0.25, 0.3) is 0 Å². The quantitative estimate of drug-likeness (QED) is 0.353. The third kappa shape index (κ3) is 3.76. The molecule has 0 aromatic rings. The molecule has 0 heterocycles. The summed E-state index contributed by atoms with van der Waals surface area (Å²) < 4.78 is 31.5. The van der Waals surface area contributed by atoms with Gasteiger partial charge in [-0.2, -0.15) is 0 Å². The Kier molecular flexibility index (Phi) is 4.91. The summed E-state index contributed by atoms with van der Waals surface area (Å²) in [6.07, 6.45) is 21.1. The minimum Gasteiger partial charge on any atom is -0.287 e. The van der Waals surface area contributed by atoms with Crippen molar-refractivity contribution in [2.24, 2.45) is 53.3 Å². The van der Waals surface area contributed by atoms with Crippen LogP contribution in [0.3, 0.4) is 0 Å². The van der Waals surface area contributed by atoms with E-state index in [-0.39, 0.29) is 0 Å². The summed E-state index contributed by atoms with van der Waals surface area (Å²) in [5, 5.41) is 0. The molecule has 6 aliphatic rings. The number of hydrogen-bond acceptors (Lipinski definition) is 4. The molecule has 0 N–H and O–H groups in total. The van der Waals surface area contributed by atoms with Gasteiger partial charge in [-0.1, -0.05) is 36.5 Å². The van der Waals surface area contributed by atoms with Crippen molar-refractivity contribution in [3.8, 4) is 0 Å². The third-order valence-corrected chi connectivity index (χ3v) is 9.99. The number of rotatable bonds is 9. The van der Waals surface area contributed by atoms with Gasteiger partial charge >= 0.3 is 7.82 Å². The summed E-state index contributed by atoms with van der Waals surface area (Å²) in [6, 6.07) is 0. The summed E-state index contributed by atoms with van der Waals surface area (Å²) in [4.78, 5) is 0. The molecule has 29 heavy (non-hydrogen) atoms. The molecule has 0 aromatic heterocycles. The Hall–Kier alpha value is -0.670. The topological polar surface area (TPSA) is 44.8 Å². The summed E-state index contributed by atoms with van der Waals surface area (Å²) >= 11 is 0. The van der Waals surface area contributed by atoms with Crippen LogP contribution in [-0.4, -0.2) is 19.8 Å². The lowest BCUT2D eigenvalue weighted by molar-refractivity contribution is 0.0701. The zero-order chi connectivity index (χ0) is 19.4. The average molecular weight is 416 g/mol.